The van der Waals surface area contributed by atoms with E-state index in [1.165, 1.54) is 19.4 Å². The molecule has 1 aromatic rings. The Morgan fingerprint density at radius 3 is 2.76 bits per heavy atom. The van der Waals surface area contributed by atoms with E-state index in [2.05, 4.69) is 30.9 Å². The molecular formula is C13H14ClN5O5S. The zero-order valence-corrected chi connectivity index (χ0v) is 14.7. The van der Waals surface area contributed by atoms with E-state index in [9.17, 15) is 19.2 Å². The van der Waals surface area contributed by atoms with Gasteiger partial charge in [-0.05, 0) is 6.92 Å². The Bertz CT molecular complexity index is 749. The molecule has 2 rings (SSSR count). The standard InChI is InChI=1S/C13H14ClN5O5S/c1-5(20)8-10(12(23)17-8)18-11(22)9(19-24-2)6-4-25-13(15-6)16-7(21)3-14/h4,8,10H,3H2,1-2H3,(H,17,23)(H,18,22)(H,15,16,21)/b19-9-. The molecule has 2 unspecified atom stereocenters. The molecule has 1 aliphatic rings. The molecule has 12 heteroatoms. The molecule has 10 nitrogen and oxygen atoms in total. The molecule has 1 aliphatic heterocycles. The minimum Gasteiger partial charge on any atom is -0.398 e. The molecule has 0 radical (unpaired) electrons. The number of thiazole rings is 1. The predicted octanol–water partition coefficient (Wildman–Crippen LogP) is -0.757. The van der Waals surface area contributed by atoms with Gasteiger partial charge in [0.15, 0.2) is 16.6 Å². The smallest absolute Gasteiger partial charge is 0.276 e. The second kappa shape index (κ2) is 8.03. The second-order valence-electron chi connectivity index (χ2n) is 4.89. The van der Waals surface area contributed by atoms with Crippen molar-refractivity contribution < 1.29 is 24.0 Å². The van der Waals surface area contributed by atoms with Crippen LogP contribution in [0, 0.1) is 0 Å². The number of nitrogens with zero attached hydrogens (tertiary/aromatic N) is 2. The number of ketones is 1. The number of alkyl halides is 1. The highest BCUT2D eigenvalue weighted by molar-refractivity contribution is 7.14. The lowest BCUT2D eigenvalue weighted by molar-refractivity contribution is -0.140. The first-order valence-corrected chi connectivity index (χ1v) is 8.33. The third-order valence-corrected chi connectivity index (χ3v) is 4.15. The zero-order valence-electron chi connectivity index (χ0n) is 13.2. The number of β-lactam (4-membered cyclic amide) rings is 1. The van der Waals surface area contributed by atoms with E-state index in [4.69, 9.17) is 11.6 Å². The average molecular weight is 388 g/mol. The lowest BCUT2D eigenvalue weighted by atomic mass is 9.95. The van der Waals surface area contributed by atoms with Crippen molar-refractivity contribution in [1.29, 1.82) is 0 Å². The molecule has 1 aromatic heterocycles. The molecule has 25 heavy (non-hydrogen) atoms. The van der Waals surface area contributed by atoms with Crippen LogP contribution in [0.4, 0.5) is 5.13 Å². The summed E-state index contributed by atoms with van der Waals surface area (Å²) in [5.41, 5.74) is -0.0690. The number of rotatable bonds is 7. The largest absolute Gasteiger partial charge is 0.398 e. The van der Waals surface area contributed by atoms with Gasteiger partial charge in [-0.3, -0.25) is 19.2 Å². The Labute approximate surface area is 150 Å². The molecular weight excluding hydrogens is 374 g/mol. The van der Waals surface area contributed by atoms with E-state index in [0.29, 0.717) is 0 Å². The van der Waals surface area contributed by atoms with E-state index >= 15 is 0 Å². The van der Waals surface area contributed by atoms with Gasteiger partial charge in [0, 0.05) is 5.38 Å². The van der Waals surface area contributed by atoms with Gasteiger partial charge in [-0.25, -0.2) is 4.98 Å². The Balaban J connectivity index is 2.14. The van der Waals surface area contributed by atoms with Crippen molar-refractivity contribution in [2.75, 3.05) is 18.3 Å². The fourth-order valence-corrected chi connectivity index (χ4v) is 2.74. The van der Waals surface area contributed by atoms with Crippen molar-refractivity contribution in [2.24, 2.45) is 5.16 Å². The van der Waals surface area contributed by atoms with Gasteiger partial charge >= 0.3 is 0 Å². The first-order valence-electron chi connectivity index (χ1n) is 6.92. The van der Waals surface area contributed by atoms with Crippen LogP contribution in [-0.2, 0) is 24.0 Å². The van der Waals surface area contributed by atoms with Gasteiger partial charge in [0.2, 0.25) is 11.8 Å². The number of anilines is 1. The predicted molar refractivity (Wildman–Crippen MR) is 89.6 cm³/mol. The van der Waals surface area contributed by atoms with Gasteiger partial charge in [0.1, 0.15) is 30.8 Å². The topological polar surface area (TPSA) is 139 Å². The van der Waals surface area contributed by atoms with Gasteiger partial charge in [-0.1, -0.05) is 5.16 Å². The number of hydrogen-bond donors (Lipinski definition) is 3. The van der Waals surface area contributed by atoms with Crippen molar-refractivity contribution in [3.63, 3.8) is 0 Å². The van der Waals surface area contributed by atoms with Crippen LogP contribution in [0.3, 0.4) is 0 Å². The monoisotopic (exact) mass is 387 g/mol. The van der Waals surface area contributed by atoms with Crippen LogP contribution in [-0.4, -0.2) is 59.3 Å². The number of hydrogen-bond acceptors (Lipinski definition) is 8. The lowest BCUT2D eigenvalue weighted by Gasteiger charge is -2.35. The van der Waals surface area contributed by atoms with E-state index in [0.717, 1.165) is 11.3 Å². The highest BCUT2D eigenvalue weighted by atomic mass is 35.5. The van der Waals surface area contributed by atoms with E-state index in [1.807, 2.05) is 0 Å². The van der Waals surface area contributed by atoms with Crippen molar-refractivity contribution in [3.8, 4) is 0 Å². The first-order chi connectivity index (χ1) is 11.9. The molecule has 2 atom stereocenters. The molecule has 134 valence electrons. The Kier molecular flexibility index (Phi) is 6.04. The summed E-state index contributed by atoms with van der Waals surface area (Å²) in [6, 6.07) is -1.77. The number of Topliss-reactive ketones (excluding diaryl/α,β-unsaturated/α-hetero) is 1. The molecule has 0 aliphatic carbocycles. The molecule has 3 N–H and O–H groups in total. The molecule has 3 amide bonds. The van der Waals surface area contributed by atoms with Crippen LogP contribution in [0.15, 0.2) is 10.5 Å². The summed E-state index contributed by atoms with van der Waals surface area (Å²) in [5, 5.41) is 12.6. The molecule has 1 fully saturated rings. The number of oxime groups is 1. The molecule has 0 spiro atoms. The van der Waals surface area contributed by atoms with Gasteiger partial charge in [0.25, 0.3) is 5.91 Å². The molecule has 2 heterocycles. The second-order valence-corrected chi connectivity index (χ2v) is 6.02. The van der Waals surface area contributed by atoms with Crippen LogP contribution in [0.5, 0.6) is 0 Å². The van der Waals surface area contributed by atoms with Gasteiger partial charge in [-0.2, -0.15) is 0 Å². The summed E-state index contributed by atoms with van der Waals surface area (Å²) in [7, 11) is 1.24. The van der Waals surface area contributed by atoms with Crippen LogP contribution in [0.25, 0.3) is 0 Å². The van der Waals surface area contributed by atoms with Crippen molar-refractivity contribution >= 4 is 57.3 Å². The van der Waals surface area contributed by atoms with E-state index in [1.54, 1.807) is 0 Å². The summed E-state index contributed by atoms with van der Waals surface area (Å²) in [6.07, 6.45) is 0. The fraction of sp³-hybridized carbons (Fsp3) is 0.385. The first kappa shape index (κ1) is 18.8. The molecule has 1 saturated heterocycles. The number of carbonyl (C=O) groups is 4. The maximum absolute atomic E-state index is 12.4. The minimum atomic E-state index is -0.985. The number of halogens is 1. The minimum absolute atomic E-state index is 0.133. The molecule has 0 aromatic carbocycles. The Morgan fingerprint density at radius 1 is 1.48 bits per heavy atom. The van der Waals surface area contributed by atoms with Crippen molar-refractivity contribution in [2.45, 2.75) is 19.0 Å². The third kappa shape index (κ3) is 4.31. The normalized spacial score (nSPS) is 19.5. The Hall–Kier alpha value is -2.53. The average Bonchev–Trinajstić information content (AvgIpc) is 3.02. The number of aromatic nitrogens is 1. The summed E-state index contributed by atoms with van der Waals surface area (Å²) < 4.78 is 0. The SMILES string of the molecule is CO/N=C(\C(=O)NC1C(=O)NC1C(C)=O)c1csc(NC(=O)CCl)n1. The third-order valence-electron chi connectivity index (χ3n) is 3.15. The van der Waals surface area contributed by atoms with Crippen molar-refractivity contribution in [1.82, 2.24) is 15.6 Å². The number of amides is 3. The molecule has 0 saturated carbocycles. The lowest BCUT2D eigenvalue weighted by Crippen LogP contribution is -2.72. The van der Waals surface area contributed by atoms with Crippen LogP contribution in [0.2, 0.25) is 0 Å². The van der Waals surface area contributed by atoms with Gasteiger partial charge in [0.05, 0.1) is 0 Å². The van der Waals surface area contributed by atoms with Crippen LogP contribution < -0.4 is 16.0 Å². The quantitative estimate of drug-likeness (QED) is 0.243. The summed E-state index contributed by atoms with van der Waals surface area (Å²) in [5.74, 6) is -2.19. The fourth-order valence-electron chi connectivity index (χ4n) is 1.96. The summed E-state index contributed by atoms with van der Waals surface area (Å²) >= 11 is 6.45. The van der Waals surface area contributed by atoms with Crippen LogP contribution in [0.1, 0.15) is 12.6 Å². The van der Waals surface area contributed by atoms with E-state index < -0.39 is 29.8 Å². The highest BCUT2D eigenvalue weighted by Crippen LogP contribution is 2.17. The highest BCUT2D eigenvalue weighted by Gasteiger charge is 2.43. The summed E-state index contributed by atoms with van der Waals surface area (Å²) in [6.45, 7) is 1.31. The van der Waals surface area contributed by atoms with Gasteiger partial charge < -0.3 is 20.8 Å². The zero-order chi connectivity index (χ0) is 18.6. The maximum atomic E-state index is 12.4. The number of nitrogens with one attached hydrogen (secondary N) is 3. The van der Waals surface area contributed by atoms with Crippen LogP contribution >= 0.6 is 22.9 Å². The molecule has 0 bridgehead atoms. The van der Waals surface area contributed by atoms with Gasteiger partial charge in [-0.15, -0.1) is 22.9 Å². The summed E-state index contributed by atoms with van der Waals surface area (Å²) in [4.78, 5) is 55.2. The Morgan fingerprint density at radius 2 is 2.20 bits per heavy atom. The van der Waals surface area contributed by atoms with Crippen molar-refractivity contribution in [3.05, 3.63) is 11.1 Å². The maximum Gasteiger partial charge on any atom is 0.276 e. The number of carbonyl (C=O) groups excluding carboxylic acids is 4. The van der Waals surface area contributed by atoms with E-state index in [-0.39, 0.29) is 28.2 Å².